The first kappa shape index (κ1) is 15.9. The Balaban J connectivity index is 2.16. The molecule has 2 rings (SSSR count). The summed E-state index contributed by atoms with van der Waals surface area (Å²) in [5, 5.41) is 0. The lowest BCUT2D eigenvalue weighted by Crippen LogP contribution is -2.46. The lowest BCUT2D eigenvalue weighted by molar-refractivity contribution is -0.153. The Labute approximate surface area is 129 Å². The Hall–Kier alpha value is -1.49. The highest BCUT2D eigenvalue weighted by Gasteiger charge is 2.33. The minimum atomic E-state index is -0.562. The number of rotatable bonds is 5. The van der Waals surface area contributed by atoms with Crippen LogP contribution in [0.4, 0.5) is 0 Å². The minimum absolute atomic E-state index is 0.0193. The van der Waals surface area contributed by atoms with Gasteiger partial charge in [0.25, 0.3) is 0 Å². The van der Waals surface area contributed by atoms with E-state index in [0.29, 0.717) is 6.54 Å². The standard InChI is InChI=1S/C16H21NO3S/c1-12(16(19)20-2)17(10-13-6-4-3-5-7-13)15(18)14-8-9-21-11-14/h3-7,12,14H,8-11H2,1-2H3/t12-,14-/m1/s1. The van der Waals surface area contributed by atoms with Crippen molar-refractivity contribution in [2.75, 3.05) is 18.6 Å². The summed E-state index contributed by atoms with van der Waals surface area (Å²) in [6.07, 6.45) is 0.892. The Kier molecular flexibility index (Phi) is 5.67. The number of hydrogen-bond acceptors (Lipinski definition) is 4. The summed E-state index contributed by atoms with van der Waals surface area (Å²) < 4.78 is 4.81. The molecule has 5 heteroatoms. The van der Waals surface area contributed by atoms with Crippen molar-refractivity contribution in [3.8, 4) is 0 Å². The van der Waals surface area contributed by atoms with Gasteiger partial charge in [0.15, 0.2) is 0 Å². The average molecular weight is 307 g/mol. The highest BCUT2D eigenvalue weighted by molar-refractivity contribution is 7.99. The molecule has 0 N–H and O–H groups in total. The van der Waals surface area contributed by atoms with Gasteiger partial charge in [-0.25, -0.2) is 4.79 Å². The summed E-state index contributed by atoms with van der Waals surface area (Å²) in [6, 6.07) is 9.18. The number of methoxy groups -OCH3 is 1. The lowest BCUT2D eigenvalue weighted by atomic mass is 10.1. The van der Waals surface area contributed by atoms with E-state index in [1.807, 2.05) is 30.3 Å². The van der Waals surface area contributed by atoms with Gasteiger partial charge >= 0.3 is 5.97 Å². The first-order valence-electron chi connectivity index (χ1n) is 7.13. The molecule has 0 aliphatic carbocycles. The number of amides is 1. The Morgan fingerprint density at radius 3 is 2.67 bits per heavy atom. The lowest BCUT2D eigenvalue weighted by Gasteiger charge is -2.29. The van der Waals surface area contributed by atoms with Crippen LogP contribution in [0, 0.1) is 5.92 Å². The molecule has 1 aliphatic rings. The van der Waals surface area contributed by atoms with Crippen LogP contribution in [0.5, 0.6) is 0 Å². The third-order valence-corrected chi connectivity index (χ3v) is 4.93. The van der Waals surface area contributed by atoms with Crippen LogP contribution < -0.4 is 0 Å². The Morgan fingerprint density at radius 2 is 2.10 bits per heavy atom. The predicted molar refractivity (Wildman–Crippen MR) is 83.9 cm³/mol. The molecule has 4 nitrogen and oxygen atoms in total. The number of esters is 1. The van der Waals surface area contributed by atoms with E-state index in [4.69, 9.17) is 4.74 Å². The summed E-state index contributed by atoms with van der Waals surface area (Å²) in [7, 11) is 1.36. The van der Waals surface area contributed by atoms with Gasteiger partial charge in [0.1, 0.15) is 6.04 Å². The molecule has 0 bridgehead atoms. The molecule has 0 spiro atoms. The van der Waals surface area contributed by atoms with Crippen LogP contribution in [0.3, 0.4) is 0 Å². The van der Waals surface area contributed by atoms with Crippen molar-refractivity contribution in [3.63, 3.8) is 0 Å². The summed E-state index contributed by atoms with van der Waals surface area (Å²) in [5.74, 6) is 1.57. The molecule has 0 unspecified atom stereocenters. The van der Waals surface area contributed by atoms with E-state index in [2.05, 4.69) is 0 Å². The summed E-state index contributed by atoms with van der Waals surface area (Å²) in [6.45, 7) is 2.17. The maximum atomic E-state index is 12.7. The zero-order valence-corrected chi connectivity index (χ0v) is 13.3. The summed E-state index contributed by atoms with van der Waals surface area (Å²) >= 11 is 1.80. The quantitative estimate of drug-likeness (QED) is 0.783. The molecule has 2 atom stereocenters. The fourth-order valence-corrected chi connectivity index (χ4v) is 3.66. The molecule has 0 saturated carbocycles. The van der Waals surface area contributed by atoms with Gasteiger partial charge in [-0.15, -0.1) is 0 Å². The van der Waals surface area contributed by atoms with Crippen LogP contribution in [-0.2, 0) is 20.9 Å². The second kappa shape index (κ2) is 7.50. The van der Waals surface area contributed by atoms with Gasteiger partial charge in [0.05, 0.1) is 7.11 Å². The molecule has 1 aromatic rings. The van der Waals surface area contributed by atoms with Crippen molar-refractivity contribution >= 4 is 23.6 Å². The first-order chi connectivity index (χ1) is 10.1. The summed E-state index contributed by atoms with van der Waals surface area (Å²) in [5.41, 5.74) is 1.02. The molecule has 1 saturated heterocycles. The number of hydrogen-bond donors (Lipinski definition) is 0. The van der Waals surface area contributed by atoms with Crippen LogP contribution in [-0.4, -0.2) is 41.4 Å². The zero-order chi connectivity index (χ0) is 15.2. The molecule has 1 amide bonds. The van der Waals surface area contributed by atoms with Gasteiger partial charge < -0.3 is 9.64 Å². The van der Waals surface area contributed by atoms with Gasteiger partial charge in [-0.3, -0.25) is 4.79 Å². The van der Waals surface area contributed by atoms with E-state index in [1.54, 1.807) is 23.6 Å². The van der Waals surface area contributed by atoms with Crippen LogP contribution in [0.2, 0.25) is 0 Å². The Bertz CT molecular complexity index is 486. The SMILES string of the molecule is COC(=O)[C@@H](C)N(Cc1ccccc1)C(=O)[C@@H]1CCSC1. The highest BCUT2D eigenvalue weighted by Crippen LogP contribution is 2.26. The van der Waals surface area contributed by atoms with E-state index in [9.17, 15) is 9.59 Å². The van der Waals surface area contributed by atoms with E-state index in [1.165, 1.54) is 7.11 Å². The van der Waals surface area contributed by atoms with Crippen molar-refractivity contribution < 1.29 is 14.3 Å². The zero-order valence-electron chi connectivity index (χ0n) is 12.5. The van der Waals surface area contributed by atoms with Gasteiger partial charge in [-0.1, -0.05) is 30.3 Å². The van der Waals surface area contributed by atoms with Gasteiger partial charge in [-0.2, -0.15) is 11.8 Å². The smallest absolute Gasteiger partial charge is 0.328 e. The fraction of sp³-hybridized carbons (Fsp3) is 0.500. The average Bonchev–Trinajstić information content (AvgIpc) is 3.06. The topological polar surface area (TPSA) is 46.6 Å². The maximum absolute atomic E-state index is 12.7. The summed E-state index contributed by atoms with van der Waals surface area (Å²) in [4.78, 5) is 26.2. The number of benzene rings is 1. The van der Waals surface area contributed by atoms with Crippen molar-refractivity contribution in [2.45, 2.75) is 25.9 Å². The number of ether oxygens (including phenoxy) is 1. The number of thioether (sulfide) groups is 1. The highest BCUT2D eigenvalue weighted by atomic mass is 32.2. The van der Waals surface area contributed by atoms with Crippen LogP contribution in [0.15, 0.2) is 30.3 Å². The number of nitrogens with zero attached hydrogens (tertiary/aromatic N) is 1. The third-order valence-electron chi connectivity index (χ3n) is 3.77. The predicted octanol–water partition coefficient (Wildman–Crippen LogP) is 2.33. The van der Waals surface area contributed by atoms with Crippen molar-refractivity contribution in [3.05, 3.63) is 35.9 Å². The molecule has 1 aromatic carbocycles. The molecule has 1 heterocycles. The van der Waals surface area contributed by atoms with Crippen LogP contribution in [0.1, 0.15) is 18.9 Å². The molecule has 0 radical (unpaired) electrons. The normalized spacial score (nSPS) is 19.0. The van der Waals surface area contributed by atoms with Crippen molar-refractivity contribution in [1.82, 2.24) is 4.90 Å². The molecule has 1 aliphatic heterocycles. The van der Waals surface area contributed by atoms with Crippen LogP contribution >= 0.6 is 11.8 Å². The van der Waals surface area contributed by atoms with E-state index >= 15 is 0 Å². The second-order valence-corrected chi connectivity index (χ2v) is 6.36. The third kappa shape index (κ3) is 4.00. The largest absolute Gasteiger partial charge is 0.467 e. The molecule has 21 heavy (non-hydrogen) atoms. The van der Waals surface area contributed by atoms with E-state index in [0.717, 1.165) is 23.5 Å². The first-order valence-corrected chi connectivity index (χ1v) is 8.29. The van der Waals surface area contributed by atoms with Gasteiger partial charge in [0, 0.05) is 18.2 Å². The monoisotopic (exact) mass is 307 g/mol. The molecule has 114 valence electrons. The number of carbonyl (C=O) groups excluding carboxylic acids is 2. The minimum Gasteiger partial charge on any atom is -0.467 e. The molecule has 1 fully saturated rings. The van der Waals surface area contributed by atoms with Crippen molar-refractivity contribution in [2.24, 2.45) is 5.92 Å². The second-order valence-electron chi connectivity index (χ2n) is 5.21. The van der Waals surface area contributed by atoms with E-state index in [-0.39, 0.29) is 17.8 Å². The molecular weight excluding hydrogens is 286 g/mol. The van der Waals surface area contributed by atoms with Gasteiger partial charge in [0.2, 0.25) is 5.91 Å². The number of carbonyl (C=O) groups is 2. The van der Waals surface area contributed by atoms with Crippen molar-refractivity contribution in [1.29, 1.82) is 0 Å². The van der Waals surface area contributed by atoms with E-state index < -0.39 is 6.04 Å². The molecular formula is C16H21NO3S. The van der Waals surface area contributed by atoms with Crippen LogP contribution in [0.25, 0.3) is 0 Å². The maximum Gasteiger partial charge on any atom is 0.328 e. The fourth-order valence-electron chi connectivity index (χ4n) is 2.45. The Morgan fingerprint density at radius 1 is 1.38 bits per heavy atom. The molecule has 0 aromatic heterocycles. The van der Waals surface area contributed by atoms with Gasteiger partial charge in [-0.05, 0) is 24.7 Å².